The lowest BCUT2D eigenvalue weighted by atomic mass is 10.1. The molecule has 0 bridgehead atoms. The number of alkyl halides is 3. The molecular formula is C7H7F3N2O. The number of nitrogen functional groups attached to an aromatic ring is 1. The van der Waals surface area contributed by atoms with E-state index in [1.54, 1.807) is 0 Å². The van der Waals surface area contributed by atoms with E-state index in [-0.39, 0.29) is 5.69 Å². The molecule has 0 amide bonds. The van der Waals surface area contributed by atoms with Gasteiger partial charge in [0.2, 0.25) is 0 Å². The summed E-state index contributed by atoms with van der Waals surface area (Å²) >= 11 is 0. The van der Waals surface area contributed by atoms with Crippen molar-refractivity contribution in [2.75, 3.05) is 5.73 Å². The topological polar surface area (TPSA) is 59.1 Å². The molecule has 0 aromatic carbocycles. The van der Waals surface area contributed by atoms with E-state index < -0.39 is 17.8 Å². The molecule has 3 N–H and O–H groups in total. The van der Waals surface area contributed by atoms with Crippen molar-refractivity contribution >= 4 is 5.69 Å². The predicted octanol–water partition coefficient (Wildman–Crippen LogP) is 1.26. The fraction of sp³-hybridized carbons (Fsp3) is 0.286. The van der Waals surface area contributed by atoms with Crippen molar-refractivity contribution in [3.8, 4) is 0 Å². The summed E-state index contributed by atoms with van der Waals surface area (Å²) in [5, 5.41) is 8.79. The summed E-state index contributed by atoms with van der Waals surface area (Å²) in [6.07, 6.45) is -5.13. The van der Waals surface area contributed by atoms with Gasteiger partial charge in [-0.05, 0) is 6.07 Å². The van der Waals surface area contributed by atoms with E-state index in [0.29, 0.717) is 0 Å². The lowest BCUT2D eigenvalue weighted by molar-refractivity contribution is -0.206. The smallest absolute Gasteiger partial charge is 0.398 e. The average Bonchev–Trinajstić information content (AvgIpc) is 2.02. The lowest BCUT2D eigenvalue weighted by Gasteiger charge is -2.15. The van der Waals surface area contributed by atoms with Crippen LogP contribution in [0.15, 0.2) is 18.5 Å². The number of anilines is 1. The largest absolute Gasteiger partial charge is 0.418 e. The maximum atomic E-state index is 12.0. The zero-order valence-electron chi connectivity index (χ0n) is 6.42. The van der Waals surface area contributed by atoms with Crippen LogP contribution in [-0.2, 0) is 0 Å². The molecule has 1 atom stereocenters. The van der Waals surface area contributed by atoms with Crippen molar-refractivity contribution in [1.82, 2.24) is 4.98 Å². The van der Waals surface area contributed by atoms with Gasteiger partial charge in [-0.1, -0.05) is 0 Å². The van der Waals surface area contributed by atoms with E-state index in [9.17, 15) is 13.2 Å². The van der Waals surface area contributed by atoms with Crippen LogP contribution < -0.4 is 5.73 Å². The summed E-state index contributed by atoms with van der Waals surface area (Å²) in [5.41, 5.74) is 4.67. The van der Waals surface area contributed by atoms with Crippen LogP contribution in [0.25, 0.3) is 0 Å². The highest BCUT2D eigenvalue weighted by Crippen LogP contribution is 2.34. The van der Waals surface area contributed by atoms with E-state index >= 15 is 0 Å². The molecule has 0 aliphatic carbocycles. The minimum Gasteiger partial charge on any atom is -0.398 e. The first-order valence-corrected chi connectivity index (χ1v) is 3.37. The summed E-state index contributed by atoms with van der Waals surface area (Å²) in [6, 6.07) is 1.20. The molecule has 0 fully saturated rings. The predicted molar refractivity (Wildman–Crippen MR) is 39.7 cm³/mol. The number of halogens is 3. The number of nitrogens with two attached hydrogens (primary N) is 1. The Morgan fingerprint density at radius 1 is 1.46 bits per heavy atom. The van der Waals surface area contributed by atoms with Gasteiger partial charge < -0.3 is 10.8 Å². The second-order valence-corrected chi connectivity index (χ2v) is 2.45. The summed E-state index contributed by atoms with van der Waals surface area (Å²) in [4.78, 5) is 3.44. The molecular weight excluding hydrogens is 185 g/mol. The van der Waals surface area contributed by atoms with Crippen molar-refractivity contribution in [2.45, 2.75) is 12.3 Å². The Morgan fingerprint density at radius 2 is 2.08 bits per heavy atom. The third-order valence-electron chi connectivity index (χ3n) is 1.49. The molecule has 0 aliphatic rings. The molecule has 0 aliphatic heterocycles. The lowest BCUT2D eigenvalue weighted by Crippen LogP contribution is -2.21. The third-order valence-corrected chi connectivity index (χ3v) is 1.49. The van der Waals surface area contributed by atoms with Crippen LogP contribution >= 0.6 is 0 Å². The Kier molecular flexibility index (Phi) is 2.42. The highest BCUT2D eigenvalue weighted by atomic mass is 19.4. The number of aromatic nitrogens is 1. The van der Waals surface area contributed by atoms with Gasteiger partial charge in [-0.15, -0.1) is 0 Å². The van der Waals surface area contributed by atoms with Crippen molar-refractivity contribution in [3.05, 3.63) is 24.0 Å². The SMILES string of the molecule is Nc1ccncc1C(O)C(F)(F)F. The molecule has 0 saturated heterocycles. The van der Waals surface area contributed by atoms with Crippen LogP contribution in [0.3, 0.4) is 0 Å². The molecule has 1 rings (SSSR count). The Labute approximate surface area is 72.0 Å². The summed E-state index contributed by atoms with van der Waals surface area (Å²) in [6.45, 7) is 0. The van der Waals surface area contributed by atoms with Crippen molar-refractivity contribution in [1.29, 1.82) is 0 Å². The number of rotatable bonds is 1. The van der Waals surface area contributed by atoms with Gasteiger partial charge in [0.1, 0.15) is 0 Å². The zero-order valence-corrected chi connectivity index (χ0v) is 6.42. The molecule has 6 heteroatoms. The van der Waals surface area contributed by atoms with E-state index in [0.717, 1.165) is 6.20 Å². The van der Waals surface area contributed by atoms with Crippen LogP contribution in [0.4, 0.5) is 18.9 Å². The first-order chi connectivity index (χ1) is 5.93. The number of nitrogens with zero attached hydrogens (tertiary/aromatic N) is 1. The van der Waals surface area contributed by atoms with Gasteiger partial charge in [0.05, 0.1) is 0 Å². The highest BCUT2D eigenvalue weighted by molar-refractivity contribution is 5.45. The quantitative estimate of drug-likeness (QED) is 0.704. The van der Waals surface area contributed by atoms with Crippen molar-refractivity contribution < 1.29 is 18.3 Å². The highest BCUT2D eigenvalue weighted by Gasteiger charge is 2.40. The Balaban J connectivity index is 3.02. The molecule has 13 heavy (non-hydrogen) atoms. The standard InChI is InChI=1S/C7H7F3N2O/c8-7(9,10)6(13)4-3-12-2-1-5(4)11/h1-3,6,13H,(H2,11,12). The number of hydrogen-bond acceptors (Lipinski definition) is 3. The fourth-order valence-electron chi connectivity index (χ4n) is 0.822. The Morgan fingerprint density at radius 3 is 2.54 bits per heavy atom. The van der Waals surface area contributed by atoms with Crippen LogP contribution in [-0.4, -0.2) is 16.3 Å². The molecule has 0 saturated carbocycles. The van der Waals surface area contributed by atoms with E-state index in [1.165, 1.54) is 12.3 Å². The molecule has 1 aromatic heterocycles. The number of hydrogen-bond donors (Lipinski definition) is 2. The first-order valence-electron chi connectivity index (χ1n) is 3.37. The maximum absolute atomic E-state index is 12.0. The van der Waals surface area contributed by atoms with Crippen LogP contribution in [0, 0.1) is 0 Å². The molecule has 1 heterocycles. The van der Waals surface area contributed by atoms with Crippen LogP contribution in [0.2, 0.25) is 0 Å². The average molecular weight is 192 g/mol. The normalized spacial score (nSPS) is 14.2. The number of pyridine rings is 1. The van der Waals surface area contributed by atoms with Gasteiger partial charge in [-0.25, -0.2) is 0 Å². The van der Waals surface area contributed by atoms with Gasteiger partial charge >= 0.3 is 6.18 Å². The van der Waals surface area contributed by atoms with Gasteiger partial charge in [-0.2, -0.15) is 13.2 Å². The number of aliphatic hydroxyl groups excluding tert-OH is 1. The Bertz CT molecular complexity index is 300. The molecule has 72 valence electrons. The van der Waals surface area contributed by atoms with Crippen LogP contribution in [0.5, 0.6) is 0 Å². The zero-order chi connectivity index (χ0) is 10.1. The van der Waals surface area contributed by atoms with Crippen LogP contribution in [0.1, 0.15) is 11.7 Å². The fourth-order valence-corrected chi connectivity index (χ4v) is 0.822. The maximum Gasteiger partial charge on any atom is 0.418 e. The molecule has 1 unspecified atom stereocenters. The summed E-state index contributed by atoms with van der Waals surface area (Å²) in [5.74, 6) is 0. The molecule has 1 aromatic rings. The van der Waals surface area contributed by atoms with E-state index in [2.05, 4.69) is 4.98 Å². The van der Waals surface area contributed by atoms with Crippen molar-refractivity contribution in [3.63, 3.8) is 0 Å². The monoisotopic (exact) mass is 192 g/mol. The first kappa shape index (κ1) is 9.79. The second-order valence-electron chi connectivity index (χ2n) is 2.45. The minimum absolute atomic E-state index is 0.125. The second kappa shape index (κ2) is 3.21. The summed E-state index contributed by atoms with van der Waals surface area (Å²) < 4.78 is 35.9. The van der Waals surface area contributed by atoms with Gasteiger partial charge in [0.25, 0.3) is 0 Å². The van der Waals surface area contributed by atoms with Gasteiger partial charge in [0.15, 0.2) is 6.10 Å². The third kappa shape index (κ3) is 2.09. The van der Waals surface area contributed by atoms with Gasteiger partial charge in [0, 0.05) is 23.6 Å². The number of aliphatic hydroxyl groups is 1. The van der Waals surface area contributed by atoms with Crippen molar-refractivity contribution in [2.24, 2.45) is 0 Å². The molecule has 0 radical (unpaired) electrons. The summed E-state index contributed by atoms with van der Waals surface area (Å²) in [7, 11) is 0. The van der Waals surface area contributed by atoms with Gasteiger partial charge in [-0.3, -0.25) is 4.98 Å². The van der Waals surface area contributed by atoms with E-state index in [1.807, 2.05) is 0 Å². The van der Waals surface area contributed by atoms with E-state index in [4.69, 9.17) is 10.8 Å². The molecule has 0 spiro atoms. The molecule has 3 nitrogen and oxygen atoms in total. The Hall–Kier alpha value is -1.30. The minimum atomic E-state index is -4.71.